The minimum Gasteiger partial charge on any atom is -0.478 e. The summed E-state index contributed by atoms with van der Waals surface area (Å²) in [6, 6.07) is 11.8. The molecule has 0 aromatic heterocycles. The van der Waals surface area contributed by atoms with Gasteiger partial charge in [-0.25, -0.2) is 9.18 Å². The molecule has 1 saturated heterocycles. The summed E-state index contributed by atoms with van der Waals surface area (Å²) in [5.41, 5.74) is 1.10. The number of aromatic carboxylic acids is 1. The molecule has 1 aliphatic rings. The first-order valence-corrected chi connectivity index (χ1v) is 8.52. The number of halogens is 1. The van der Waals surface area contributed by atoms with Crippen LogP contribution in [0.25, 0.3) is 0 Å². The maximum atomic E-state index is 13.0. The monoisotopic (exact) mass is 357 g/mol. The number of aliphatic hydroxyl groups excluding tert-OH is 1. The van der Waals surface area contributed by atoms with E-state index in [0.29, 0.717) is 37.1 Å². The van der Waals surface area contributed by atoms with Gasteiger partial charge in [0.15, 0.2) is 0 Å². The van der Waals surface area contributed by atoms with Gasteiger partial charge in [-0.1, -0.05) is 18.2 Å². The first-order chi connectivity index (χ1) is 12.5. The molecule has 2 N–H and O–H groups in total. The highest BCUT2D eigenvalue weighted by atomic mass is 19.1. The quantitative estimate of drug-likeness (QED) is 0.881. The summed E-state index contributed by atoms with van der Waals surface area (Å²) in [4.78, 5) is 25.3. The molecule has 1 fully saturated rings. The van der Waals surface area contributed by atoms with E-state index in [2.05, 4.69) is 0 Å². The Labute approximate surface area is 150 Å². The van der Waals surface area contributed by atoms with Crippen molar-refractivity contribution in [1.29, 1.82) is 0 Å². The standard InChI is InChI=1S/C20H20FNO4/c21-17-6-4-13(5-7-17)18(23)14-8-10-22(11-9-14)19(24)15-2-1-3-16(12-15)20(25)26/h1-7,12,14,18,23H,8-11H2,(H,25,26)/t18-/m0/s1. The van der Waals surface area contributed by atoms with Crippen molar-refractivity contribution in [3.8, 4) is 0 Å². The lowest BCUT2D eigenvalue weighted by Gasteiger charge is -2.34. The van der Waals surface area contributed by atoms with Crippen LogP contribution in [0.5, 0.6) is 0 Å². The smallest absolute Gasteiger partial charge is 0.335 e. The number of hydrogen-bond acceptors (Lipinski definition) is 3. The molecule has 0 unspecified atom stereocenters. The molecule has 0 spiro atoms. The number of hydrogen-bond donors (Lipinski definition) is 2. The number of rotatable bonds is 4. The molecule has 136 valence electrons. The number of benzene rings is 2. The van der Waals surface area contributed by atoms with E-state index in [4.69, 9.17) is 5.11 Å². The highest BCUT2D eigenvalue weighted by molar-refractivity contribution is 5.97. The van der Waals surface area contributed by atoms with Gasteiger partial charge in [-0.2, -0.15) is 0 Å². The predicted octanol–water partition coefficient (Wildman–Crippen LogP) is 3.11. The van der Waals surface area contributed by atoms with Gasteiger partial charge >= 0.3 is 5.97 Å². The molecule has 1 aliphatic heterocycles. The summed E-state index contributed by atoms with van der Waals surface area (Å²) in [6.45, 7) is 0.970. The Morgan fingerprint density at radius 3 is 2.27 bits per heavy atom. The van der Waals surface area contributed by atoms with Crippen molar-refractivity contribution >= 4 is 11.9 Å². The van der Waals surface area contributed by atoms with Crippen LogP contribution in [-0.2, 0) is 0 Å². The zero-order valence-corrected chi connectivity index (χ0v) is 14.1. The van der Waals surface area contributed by atoms with E-state index in [1.165, 1.54) is 24.3 Å². The van der Waals surface area contributed by atoms with Crippen LogP contribution in [0.15, 0.2) is 48.5 Å². The normalized spacial score (nSPS) is 16.3. The summed E-state index contributed by atoms with van der Waals surface area (Å²) in [5.74, 6) is -1.62. The molecule has 1 heterocycles. The summed E-state index contributed by atoms with van der Waals surface area (Å²) < 4.78 is 13.0. The van der Waals surface area contributed by atoms with Crippen molar-refractivity contribution < 1.29 is 24.2 Å². The fraction of sp³-hybridized carbons (Fsp3) is 0.300. The number of amides is 1. The van der Waals surface area contributed by atoms with E-state index in [-0.39, 0.29) is 23.2 Å². The minimum absolute atomic E-state index is 0.00475. The highest BCUT2D eigenvalue weighted by Crippen LogP contribution is 2.31. The molecular formula is C20H20FNO4. The average molecular weight is 357 g/mol. The predicted molar refractivity (Wildman–Crippen MR) is 93.4 cm³/mol. The topological polar surface area (TPSA) is 77.8 Å². The second-order valence-electron chi connectivity index (χ2n) is 6.51. The molecule has 6 heteroatoms. The summed E-state index contributed by atoms with van der Waals surface area (Å²) in [6.07, 6.45) is 0.564. The number of likely N-dealkylation sites (tertiary alicyclic amines) is 1. The highest BCUT2D eigenvalue weighted by Gasteiger charge is 2.29. The fourth-order valence-electron chi connectivity index (χ4n) is 3.32. The van der Waals surface area contributed by atoms with Gasteiger partial charge in [0.25, 0.3) is 5.91 Å². The van der Waals surface area contributed by atoms with Gasteiger partial charge in [0.05, 0.1) is 11.7 Å². The number of carboxylic acids is 1. The van der Waals surface area contributed by atoms with E-state index in [0.717, 1.165) is 0 Å². The Balaban J connectivity index is 1.62. The molecule has 3 rings (SSSR count). The molecule has 1 amide bonds. The molecule has 26 heavy (non-hydrogen) atoms. The summed E-state index contributed by atoms with van der Waals surface area (Å²) >= 11 is 0. The molecule has 0 bridgehead atoms. The third-order valence-corrected chi connectivity index (χ3v) is 4.84. The molecule has 0 saturated carbocycles. The number of piperidine rings is 1. The summed E-state index contributed by atoms with van der Waals surface area (Å²) in [5, 5.41) is 19.5. The van der Waals surface area contributed by atoms with Crippen molar-refractivity contribution in [1.82, 2.24) is 4.90 Å². The van der Waals surface area contributed by atoms with Gasteiger partial charge < -0.3 is 15.1 Å². The van der Waals surface area contributed by atoms with E-state index in [1.807, 2.05) is 0 Å². The van der Waals surface area contributed by atoms with Crippen LogP contribution in [0.3, 0.4) is 0 Å². The van der Waals surface area contributed by atoms with Crippen LogP contribution in [0.2, 0.25) is 0 Å². The first kappa shape index (κ1) is 18.1. The van der Waals surface area contributed by atoms with Crippen LogP contribution in [-0.4, -0.2) is 40.1 Å². The van der Waals surface area contributed by atoms with Crippen LogP contribution in [0.4, 0.5) is 4.39 Å². The third kappa shape index (κ3) is 3.91. The molecule has 2 aromatic rings. The van der Waals surface area contributed by atoms with Crippen LogP contribution in [0, 0.1) is 11.7 Å². The maximum Gasteiger partial charge on any atom is 0.335 e. The number of carboxylic acid groups (broad SMARTS) is 1. The SMILES string of the molecule is O=C(O)c1cccc(C(=O)N2CCC([C@@H](O)c3ccc(F)cc3)CC2)c1. The van der Waals surface area contributed by atoms with Gasteiger partial charge in [-0.15, -0.1) is 0 Å². The van der Waals surface area contributed by atoms with Gasteiger partial charge in [0, 0.05) is 18.7 Å². The average Bonchev–Trinajstić information content (AvgIpc) is 2.67. The van der Waals surface area contributed by atoms with Crippen LogP contribution >= 0.6 is 0 Å². The second-order valence-corrected chi connectivity index (χ2v) is 6.51. The molecule has 0 aliphatic carbocycles. The second kappa shape index (κ2) is 7.66. The van der Waals surface area contributed by atoms with Crippen molar-refractivity contribution in [2.75, 3.05) is 13.1 Å². The van der Waals surface area contributed by atoms with Gasteiger partial charge in [-0.05, 0) is 54.7 Å². The van der Waals surface area contributed by atoms with E-state index < -0.39 is 12.1 Å². The Bertz CT molecular complexity index is 798. The fourth-order valence-corrected chi connectivity index (χ4v) is 3.32. The lowest BCUT2D eigenvalue weighted by Crippen LogP contribution is -2.39. The van der Waals surface area contributed by atoms with Gasteiger partial charge in [-0.3, -0.25) is 4.79 Å². The molecule has 0 radical (unpaired) electrons. The Kier molecular flexibility index (Phi) is 5.32. The van der Waals surface area contributed by atoms with Gasteiger partial charge in [0.2, 0.25) is 0 Å². The van der Waals surface area contributed by atoms with E-state index in [9.17, 15) is 19.1 Å². The number of aliphatic hydroxyl groups is 1. The number of nitrogens with zero attached hydrogens (tertiary/aromatic N) is 1. The Hall–Kier alpha value is -2.73. The Morgan fingerprint density at radius 2 is 1.65 bits per heavy atom. The largest absolute Gasteiger partial charge is 0.478 e. The lowest BCUT2D eigenvalue weighted by molar-refractivity contribution is 0.0462. The van der Waals surface area contributed by atoms with Crippen LogP contribution in [0.1, 0.15) is 45.2 Å². The number of carbonyl (C=O) groups excluding carboxylic acids is 1. The molecule has 1 atom stereocenters. The van der Waals surface area contributed by atoms with E-state index >= 15 is 0 Å². The maximum absolute atomic E-state index is 13.0. The van der Waals surface area contributed by atoms with Gasteiger partial charge in [0.1, 0.15) is 5.82 Å². The molecule has 2 aromatic carbocycles. The first-order valence-electron chi connectivity index (χ1n) is 8.52. The van der Waals surface area contributed by atoms with Crippen molar-refractivity contribution in [2.45, 2.75) is 18.9 Å². The number of carbonyl (C=O) groups is 2. The Morgan fingerprint density at radius 1 is 1.04 bits per heavy atom. The van der Waals surface area contributed by atoms with Crippen molar-refractivity contribution in [3.63, 3.8) is 0 Å². The summed E-state index contributed by atoms with van der Waals surface area (Å²) in [7, 11) is 0. The zero-order chi connectivity index (χ0) is 18.7. The molecular weight excluding hydrogens is 337 g/mol. The van der Waals surface area contributed by atoms with Crippen LogP contribution < -0.4 is 0 Å². The minimum atomic E-state index is -1.07. The van der Waals surface area contributed by atoms with E-state index in [1.54, 1.807) is 29.2 Å². The van der Waals surface area contributed by atoms with Crippen molar-refractivity contribution in [3.05, 3.63) is 71.0 Å². The lowest BCUT2D eigenvalue weighted by atomic mass is 9.87. The zero-order valence-electron chi connectivity index (χ0n) is 14.1. The van der Waals surface area contributed by atoms with Crippen molar-refractivity contribution in [2.24, 2.45) is 5.92 Å². The molecule has 5 nitrogen and oxygen atoms in total. The third-order valence-electron chi connectivity index (χ3n) is 4.84.